The molecule has 1 rings (SSSR count). The molecule has 1 aliphatic heterocycles. The lowest BCUT2D eigenvalue weighted by Crippen LogP contribution is -2.46. The number of likely N-dealkylation sites (tertiary alicyclic amines) is 1. The van der Waals surface area contributed by atoms with Gasteiger partial charge in [-0.25, -0.2) is 4.79 Å². The second-order valence-electron chi connectivity index (χ2n) is 3.27. The molecule has 1 aliphatic rings. The summed E-state index contributed by atoms with van der Waals surface area (Å²) in [5.74, 6) is -2.08. The average Bonchev–Trinajstić information content (AvgIpc) is 2.43. The molecule has 8 heteroatoms. The van der Waals surface area contributed by atoms with Crippen LogP contribution in [-0.2, 0) is 14.4 Å². The van der Waals surface area contributed by atoms with Crippen molar-refractivity contribution in [3.8, 4) is 0 Å². The Bertz CT molecular complexity index is 354. The number of likely N-dealkylation sites (N-methyl/N-ethyl adjacent to an activating group) is 1. The fourth-order valence-corrected chi connectivity index (χ4v) is 1.23. The molecule has 8 nitrogen and oxygen atoms in total. The van der Waals surface area contributed by atoms with E-state index in [-0.39, 0.29) is 12.3 Å². The van der Waals surface area contributed by atoms with Gasteiger partial charge in [0.15, 0.2) is 0 Å². The lowest BCUT2D eigenvalue weighted by atomic mass is 10.2. The zero-order valence-electron chi connectivity index (χ0n) is 8.52. The van der Waals surface area contributed by atoms with Crippen molar-refractivity contribution in [1.82, 2.24) is 15.5 Å². The number of hydrogen-bond acceptors (Lipinski definition) is 4. The summed E-state index contributed by atoms with van der Waals surface area (Å²) < 4.78 is 0. The van der Waals surface area contributed by atoms with E-state index in [1.807, 2.05) is 5.32 Å². The smallest absolute Gasteiger partial charge is 0.323 e. The Labute approximate surface area is 90.6 Å². The minimum atomic E-state index is -1.19. The van der Waals surface area contributed by atoms with Gasteiger partial charge in [-0.1, -0.05) is 0 Å². The number of carbonyl (C=O) groups excluding carboxylic acids is 3. The molecule has 1 atom stereocenters. The maximum absolute atomic E-state index is 11.3. The summed E-state index contributed by atoms with van der Waals surface area (Å²) >= 11 is 0. The van der Waals surface area contributed by atoms with Gasteiger partial charge in [-0.2, -0.15) is 0 Å². The number of nitrogens with one attached hydrogen (secondary N) is 2. The molecule has 3 N–H and O–H groups in total. The van der Waals surface area contributed by atoms with Gasteiger partial charge in [0.25, 0.3) is 5.91 Å². The molecule has 0 saturated carbocycles. The number of carboxylic acid groups (broad SMARTS) is 1. The van der Waals surface area contributed by atoms with Crippen LogP contribution >= 0.6 is 0 Å². The van der Waals surface area contributed by atoms with Gasteiger partial charge in [0.2, 0.25) is 5.91 Å². The molecule has 1 fully saturated rings. The van der Waals surface area contributed by atoms with Crippen LogP contribution in [0.3, 0.4) is 0 Å². The molecule has 0 aromatic carbocycles. The second kappa shape index (κ2) is 4.60. The quantitative estimate of drug-likeness (QED) is 0.490. The normalized spacial score (nSPS) is 19.8. The summed E-state index contributed by atoms with van der Waals surface area (Å²) in [7, 11) is 1.32. The van der Waals surface area contributed by atoms with Crippen molar-refractivity contribution in [2.45, 2.75) is 12.5 Å². The van der Waals surface area contributed by atoms with E-state index in [0.717, 1.165) is 4.90 Å². The minimum absolute atomic E-state index is 0.101. The van der Waals surface area contributed by atoms with E-state index < -0.39 is 30.5 Å². The summed E-state index contributed by atoms with van der Waals surface area (Å²) in [5, 5.41) is 12.5. The van der Waals surface area contributed by atoms with Gasteiger partial charge in [-0.05, 0) is 0 Å². The zero-order valence-corrected chi connectivity index (χ0v) is 8.52. The number of amides is 4. The van der Waals surface area contributed by atoms with Crippen LogP contribution in [-0.4, -0.2) is 53.5 Å². The van der Waals surface area contributed by atoms with E-state index in [9.17, 15) is 19.2 Å². The summed E-state index contributed by atoms with van der Waals surface area (Å²) in [6, 6.07) is -1.70. The average molecular weight is 229 g/mol. The summed E-state index contributed by atoms with van der Waals surface area (Å²) in [6.07, 6.45) is -0.101. The molecule has 0 spiro atoms. The van der Waals surface area contributed by atoms with E-state index in [4.69, 9.17) is 5.11 Å². The van der Waals surface area contributed by atoms with Crippen LogP contribution in [0.15, 0.2) is 0 Å². The Morgan fingerprint density at radius 1 is 1.50 bits per heavy atom. The van der Waals surface area contributed by atoms with Crippen molar-refractivity contribution >= 4 is 23.8 Å². The van der Waals surface area contributed by atoms with Crippen molar-refractivity contribution in [2.24, 2.45) is 0 Å². The number of carboxylic acids is 1. The number of hydrogen-bond donors (Lipinski definition) is 3. The highest BCUT2D eigenvalue weighted by atomic mass is 16.4. The van der Waals surface area contributed by atoms with Gasteiger partial charge in [-0.3, -0.25) is 19.3 Å². The predicted octanol–water partition coefficient (Wildman–Crippen LogP) is -1.87. The SMILES string of the molecule is CN1C(=O)CC(NC(=O)NCC(=O)O)C1=O. The predicted molar refractivity (Wildman–Crippen MR) is 50.4 cm³/mol. The van der Waals surface area contributed by atoms with E-state index in [1.54, 1.807) is 0 Å². The Morgan fingerprint density at radius 2 is 2.12 bits per heavy atom. The van der Waals surface area contributed by atoms with Crippen molar-refractivity contribution in [1.29, 1.82) is 0 Å². The monoisotopic (exact) mass is 229 g/mol. The maximum atomic E-state index is 11.3. The van der Waals surface area contributed by atoms with Gasteiger partial charge in [0.1, 0.15) is 12.6 Å². The van der Waals surface area contributed by atoms with Gasteiger partial charge in [0, 0.05) is 7.05 Å². The molecule has 0 radical (unpaired) electrons. The number of nitrogens with zero attached hydrogens (tertiary/aromatic N) is 1. The standard InChI is InChI=1S/C8H11N3O5/c1-11-5(12)2-4(7(11)15)10-8(16)9-3-6(13)14/h4H,2-3H2,1H3,(H,13,14)(H2,9,10,16). The van der Waals surface area contributed by atoms with Gasteiger partial charge < -0.3 is 15.7 Å². The van der Waals surface area contributed by atoms with Gasteiger partial charge >= 0.3 is 12.0 Å². The van der Waals surface area contributed by atoms with E-state index in [2.05, 4.69) is 5.32 Å². The Hall–Kier alpha value is -2.12. The highest BCUT2D eigenvalue weighted by molar-refractivity contribution is 6.06. The molecular weight excluding hydrogens is 218 g/mol. The van der Waals surface area contributed by atoms with E-state index >= 15 is 0 Å². The maximum Gasteiger partial charge on any atom is 0.323 e. The number of rotatable bonds is 3. The number of aliphatic carboxylic acids is 1. The van der Waals surface area contributed by atoms with E-state index in [1.165, 1.54) is 7.05 Å². The number of imide groups is 1. The van der Waals surface area contributed by atoms with Crippen molar-refractivity contribution in [3.63, 3.8) is 0 Å². The Morgan fingerprint density at radius 3 is 2.56 bits per heavy atom. The molecule has 4 amide bonds. The zero-order chi connectivity index (χ0) is 12.3. The van der Waals surface area contributed by atoms with Crippen LogP contribution in [0.4, 0.5) is 4.79 Å². The molecule has 1 heterocycles. The third kappa shape index (κ3) is 2.69. The lowest BCUT2D eigenvalue weighted by Gasteiger charge is -2.10. The second-order valence-corrected chi connectivity index (χ2v) is 3.27. The van der Waals surface area contributed by atoms with Crippen LogP contribution < -0.4 is 10.6 Å². The highest BCUT2D eigenvalue weighted by Gasteiger charge is 2.36. The van der Waals surface area contributed by atoms with Crippen LogP contribution in [0.25, 0.3) is 0 Å². The van der Waals surface area contributed by atoms with Crippen molar-refractivity contribution in [3.05, 3.63) is 0 Å². The third-order valence-corrected chi connectivity index (χ3v) is 2.09. The highest BCUT2D eigenvalue weighted by Crippen LogP contribution is 2.09. The molecule has 0 aromatic rings. The van der Waals surface area contributed by atoms with Crippen molar-refractivity contribution < 1.29 is 24.3 Å². The molecule has 0 aliphatic carbocycles. The largest absolute Gasteiger partial charge is 0.480 e. The molecular formula is C8H11N3O5. The number of carbonyl (C=O) groups is 4. The lowest BCUT2D eigenvalue weighted by molar-refractivity contribution is -0.137. The third-order valence-electron chi connectivity index (χ3n) is 2.09. The molecule has 1 saturated heterocycles. The summed E-state index contributed by atoms with van der Waals surface area (Å²) in [4.78, 5) is 44.6. The molecule has 0 aromatic heterocycles. The van der Waals surface area contributed by atoms with Crippen LogP contribution in [0.2, 0.25) is 0 Å². The first-order valence-corrected chi connectivity index (χ1v) is 4.48. The molecule has 1 unspecified atom stereocenters. The van der Waals surface area contributed by atoms with Crippen molar-refractivity contribution in [2.75, 3.05) is 13.6 Å². The Balaban J connectivity index is 2.44. The van der Waals surface area contributed by atoms with E-state index in [0.29, 0.717) is 0 Å². The van der Waals surface area contributed by atoms with Crippen LogP contribution in [0.5, 0.6) is 0 Å². The van der Waals surface area contributed by atoms with Crippen LogP contribution in [0.1, 0.15) is 6.42 Å². The fourth-order valence-electron chi connectivity index (χ4n) is 1.23. The summed E-state index contributed by atoms with van der Waals surface area (Å²) in [5.41, 5.74) is 0. The first-order valence-electron chi connectivity index (χ1n) is 4.48. The fraction of sp³-hybridized carbons (Fsp3) is 0.500. The van der Waals surface area contributed by atoms with Gasteiger partial charge in [0.05, 0.1) is 6.42 Å². The molecule has 88 valence electrons. The molecule has 16 heavy (non-hydrogen) atoms. The summed E-state index contributed by atoms with van der Waals surface area (Å²) in [6.45, 7) is -0.545. The molecule has 0 bridgehead atoms. The minimum Gasteiger partial charge on any atom is -0.480 e. The topological polar surface area (TPSA) is 116 Å². The van der Waals surface area contributed by atoms with Gasteiger partial charge in [-0.15, -0.1) is 0 Å². The van der Waals surface area contributed by atoms with Crippen LogP contribution in [0, 0.1) is 0 Å². The Kier molecular flexibility index (Phi) is 3.44. The first kappa shape index (κ1) is 12.0. The first-order chi connectivity index (χ1) is 7.41. The number of urea groups is 1.